The van der Waals surface area contributed by atoms with Crippen LogP contribution in [0.4, 0.5) is 0 Å². The molecule has 108 valence electrons. The number of likely N-dealkylation sites (tertiary alicyclic amines) is 1. The molecule has 1 amide bonds. The average molecular weight is 296 g/mol. The van der Waals surface area contributed by atoms with Crippen LogP contribution in [0, 0.1) is 5.41 Å². The first kappa shape index (κ1) is 13.7. The number of rotatable bonds is 2. The summed E-state index contributed by atoms with van der Waals surface area (Å²) in [5, 5.41) is 9.76. The van der Waals surface area contributed by atoms with Crippen molar-refractivity contribution in [2.24, 2.45) is 5.41 Å². The van der Waals surface area contributed by atoms with Crippen LogP contribution in [0.15, 0.2) is 18.2 Å². The summed E-state index contributed by atoms with van der Waals surface area (Å²) in [6, 6.07) is 4.74. The molecule has 0 bridgehead atoms. The van der Waals surface area contributed by atoms with Gasteiger partial charge in [0, 0.05) is 36.7 Å². The largest absolute Gasteiger partial charge is 0.508 e. The summed E-state index contributed by atoms with van der Waals surface area (Å²) in [7, 11) is 0. The number of hydrogen-bond acceptors (Lipinski definition) is 3. The zero-order valence-electron chi connectivity index (χ0n) is 11.3. The standard InChI is InChI=1S/C15H18ClNO3/c16-13-8-12(18)2-1-11(13)7-14(19)17-9-15(10-17)3-5-20-6-4-15/h1-2,8,18H,3-7,9-10H2. The number of benzene rings is 1. The number of phenolic OH excluding ortho intramolecular Hbond substituents is 1. The first-order valence-electron chi connectivity index (χ1n) is 6.91. The van der Waals surface area contributed by atoms with Crippen LogP contribution in [0.1, 0.15) is 18.4 Å². The molecule has 3 rings (SSSR count). The van der Waals surface area contributed by atoms with Crippen molar-refractivity contribution < 1.29 is 14.6 Å². The Labute approximate surface area is 123 Å². The molecule has 0 unspecified atom stereocenters. The zero-order valence-corrected chi connectivity index (χ0v) is 12.0. The van der Waals surface area contributed by atoms with Gasteiger partial charge >= 0.3 is 0 Å². The Balaban J connectivity index is 1.58. The summed E-state index contributed by atoms with van der Waals surface area (Å²) in [4.78, 5) is 14.1. The molecular weight excluding hydrogens is 278 g/mol. The second-order valence-electron chi connectivity index (χ2n) is 5.81. The number of aromatic hydroxyl groups is 1. The van der Waals surface area contributed by atoms with Gasteiger partial charge < -0.3 is 14.7 Å². The molecule has 20 heavy (non-hydrogen) atoms. The number of amides is 1. The van der Waals surface area contributed by atoms with Crippen molar-refractivity contribution >= 4 is 17.5 Å². The van der Waals surface area contributed by atoms with E-state index in [-0.39, 0.29) is 11.7 Å². The van der Waals surface area contributed by atoms with Crippen molar-refractivity contribution in [2.75, 3.05) is 26.3 Å². The van der Waals surface area contributed by atoms with E-state index in [1.165, 1.54) is 6.07 Å². The van der Waals surface area contributed by atoms with Gasteiger partial charge in [-0.25, -0.2) is 0 Å². The minimum Gasteiger partial charge on any atom is -0.508 e. The number of carbonyl (C=O) groups excluding carboxylic acids is 1. The smallest absolute Gasteiger partial charge is 0.227 e. The Hall–Kier alpha value is -1.26. The molecular formula is C15H18ClNO3. The predicted molar refractivity (Wildman–Crippen MR) is 75.9 cm³/mol. The Kier molecular flexibility index (Phi) is 3.61. The Morgan fingerprint density at radius 3 is 2.70 bits per heavy atom. The second-order valence-corrected chi connectivity index (χ2v) is 6.22. The summed E-state index contributed by atoms with van der Waals surface area (Å²) in [6.07, 6.45) is 2.40. The summed E-state index contributed by atoms with van der Waals surface area (Å²) >= 11 is 6.03. The summed E-state index contributed by atoms with van der Waals surface area (Å²) < 4.78 is 5.37. The molecule has 0 aromatic heterocycles. The van der Waals surface area contributed by atoms with E-state index in [4.69, 9.17) is 16.3 Å². The monoisotopic (exact) mass is 295 g/mol. The van der Waals surface area contributed by atoms with E-state index in [1.54, 1.807) is 12.1 Å². The Morgan fingerprint density at radius 1 is 1.35 bits per heavy atom. The fourth-order valence-electron chi connectivity index (χ4n) is 3.01. The molecule has 5 heteroatoms. The minimum atomic E-state index is 0.106. The summed E-state index contributed by atoms with van der Waals surface area (Å²) in [5.41, 5.74) is 1.06. The Bertz CT molecular complexity index is 518. The maximum Gasteiger partial charge on any atom is 0.227 e. The van der Waals surface area contributed by atoms with Crippen molar-refractivity contribution in [3.8, 4) is 5.75 Å². The molecule has 4 nitrogen and oxygen atoms in total. The van der Waals surface area contributed by atoms with Crippen LogP contribution < -0.4 is 0 Å². The van der Waals surface area contributed by atoms with E-state index in [1.807, 2.05) is 4.90 Å². The third-order valence-corrected chi connectivity index (χ3v) is 4.69. The molecule has 0 saturated carbocycles. The third kappa shape index (κ3) is 2.63. The first-order chi connectivity index (χ1) is 9.58. The topological polar surface area (TPSA) is 49.8 Å². The zero-order chi connectivity index (χ0) is 14.2. The summed E-state index contributed by atoms with van der Waals surface area (Å²) in [6.45, 7) is 3.30. The van der Waals surface area contributed by atoms with Crippen molar-refractivity contribution in [1.29, 1.82) is 0 Å². The normalized spacial score (nSPS) is 20.8. The third-order valence-electron chi connectivity index (χ3n) is 4.34. The molecule has 2 saturated heterocycles. The van der Waals surface area contributed by atoms with Gasteiger partial charge in [0.1, 0.15) is 5.75 Å². The van der Waals surface area contributed by atoms with Gasteiger partial charge in [-0.05, 0) is 30.5 Å². The van der Waals surface area contributed by atoms with Crippen molar-refractivity contribution in [1.82, 2.24) is 4.90 Å². The first-order valence-corrected chi connectivity index (χ1v) is 7.29. The lowest BCUT2D eigenvalue weighted by molar-refractivity contribution is -0.149. The van der Waals surface area contributed by atoms with E-state index in [0.717, 1.165) is 44.7 Å². The van der Waals surface area contributed by atoms with Crippen LogP contribution in [0.3, 0.4) is 0 Å². The van der Waals surface area contributed by atoms with E-state index >= 15 is 0 Å². The molecule has 2 aliphatic rings. The lowest BCUT2D eigenvalue weighted by Gasteiger charge is -2.52. The molecule has 2 aliphatic heterocycles. The fourth-order valence-corrected chi connectivity index (χ4v) is 3.26. The Morgan fingerprint density at radius 2 is 2.05 bits per heavy atom. The van der Waals surface area contributed by atoms with Gasteiger partial charge in [-0.1, -0.05) is 17.7 Å². The molecule has 2 fully saturated rings. The molecule has 1 aromatic rings. The molecule has 1 spiro atoms. The maximum atomic E-state index is 12.2. The fraction of sp³-hybridized carbons (Fsp3) is 0.533. The van der Waals surface area contributed by atoms with Crippen LogP contribution in [0.2, 0.25) is 5.02 Å². The van der Waals surface area contributed by atoms with Crippen LogP contribution in [-0.2, 0) is 16.0 Å². The highest BCUT2D eigenvalue weighted by molar-refractivity contribution is 6.31. The SMILES string of the molecule is O=C(Cc1ccc(O)cc1Cl)N1CC2(CCOCC2)C1. The number of carbonyl (C=O) groups is 1. The van der Waals surface area contributed by atoms with Crippen molar-refractivity contribution in [3.63, 3.8) is 0 Å². The maximum absolute atomic E-state index is 12.2. The molecule has 0 aliphatic carbocycles. The highest BCUT2D eigenvalue weighted by atomic mass is 35.5. The van der Waals surface area contributed by atoms with Gasteiger partial charge in [-0.2, -0.15) is 0 Å². The number of halogens is 1. The molecule has 0 atom stereocenters. The predicted octanol–water partition coefficient (Wildman–Crippen LogP) is 2.23. The van der Waals surface area contributed by atoms with E-state index in [0.29, 0.717) is 16.9 Å². The average Bonchev–Trinajstić information content (AvgIpc) is 2.40. The number of hydrogen-bond donors (Lipinski definition) is 1. The van der Waals surface area contributed by atoms with Crippen LogP contribution in [0.5, 0.6) is 5.75 Å². The summed E-state index contributed by atoms with van der Waals surface area (Å²) in [5.74, 6) is 0.228. The van der Waals surface area contributed by atoms with Gasteiger partial charge in [-0.15, -0.1) is 0 Å². The van der Waals surface area contributed by atoms with Gasteiger partial charge in [0.25, 0.3) is 0 Å². The van der Waals surface area contributed by atoms with Crippen LogP contribution in [-0.4, -0.2) is 42.2 Å². The number of nitrogens with zero attached hydrogens (tertiary/aromatic N) is 1. The number of ether oxygens (including phenoxy) is 1. The highest BCUT2D eigenvalue weighted by Crippen LogP contribution is 2.40. The van der Waals surface area contributed by atoms with Crippen LogP contribution >= 0.6 is 11.6 Å². The van der Waals surface area contributed by atoms with Gasteiger partial charge in [0.15, 0.2) is 0 Å². The van der Waals surface area contributed by atoms with Crippen LogP contribution in [0.25, 0.3) is 0 Å². The minimum absolute atomic E-state index is 0.106. The molecule has 0 radical (unpaired) electrons. The van der Waals surface area contributed by atoms with Gasteiger partial charge in [0.05, 0.1) is 6.42 Å². The van der Waals surface area contributed by atoms with E-state index < -0.39 is 0 Å². The quantitative estimate of drug-likeness (QED) is 0.910. The van der Waals surface area contributed by atoms with Crippen molar-refractivity contribution in [2.45, 2.75) is 19.3 Å². The van der Waals surface area contributed by atoms with Gasteiger partial charge in [-0.3, -0.25) is 4.79 Å². The van der Waals surface area contributed by atoms with E-state index in [2.05, 4.69) is 0 Å². The van der Waals surface area contributed by atoms with Crippen molar-refractivity contribution in [3.05, 3.63) is 28.8 Å². The highest BCUT2D eigenvalue weighted by Gasteiger charge is 2.45. The molecule has 1 aromatic carbocycles. The molecule has 2 heterocycles. The van der Waals surface area contributed by atoms with Gasteiger partial charge in [0.2, 0.25) is 5.91 Å². The second kappa shape index (κ2) is 5.26. The lowest BCUT2D eigenvalue weighted by atomic mass is 9.73. The molecule has 1 N–H and O–H groups in total. The lowest BCUT2D eigenvalue weighted by Crippen LogP contribution is -2.60. The number of phenols is 1. The van der Waals surface area contributed by atoms with E-state index in [9.17, 15) is 9.90 Å².